The molecule has 58 valence electrons. The summed E-state index contributed by atoms with van der Waals surface area (Å²) in [6.07, 6.45) is -0.826. The molecule has 0 aromatic heterocycles. The van der Waals surface area contributed by atoms with E-state index in [9.17, 15) is 4.79 Å². The van der Waals surface area contributed by atoms with Crippen LogP contribution in [0.5, 0.6) is 0 Å². The van der Waals surface area contributed by atoms with Crippen LogP contribution in [0.2, 0.25) is 0 Å². The average molecular weight is 342 g/mol. The predicted octanol–water partition coefficient (Wildman–Crippen LogP) is 0.824. The summed E-state index contributed by atoms with van der Waals surface area (Å²) >= 11 is 11.2. The van der Waals surface area contributed by atoms with Crippen molar-refractivity contribution in [3.8, 4) is 0 Å². The van der Waals surface area contributed by atoms with Gasteiger partial charge in [-0.25, -0.2) is 0 Å². The average Bonchev–Trinajstić information content (AvgIpc) is 1.91. The molecule has 8 heavy (non-hydrogen) atoms. The Labute approximate surface area is 82.9 Å². The molecule has 7 heteroatoms. The molecule has 0 amide bonds. The predicted molar refractivity (Wildman–Crippen MR) is 25.5 cm³/mol. The zero-order valence-electron chi connectivity index (χ0n) is 3.22. The van der Waals surface area contributed by atoms with Gasteiger partial charge >= 0.3 is 60.4 Å². The van der Waals surface area contributed by atoms with E-state index >= 15 is 0 Å². The Morgan fingerprint density at radius 1 is 1.25 bits per heavy atom. The van der Waals surface area contributed by atoms with Crippen molar-refractivity contribution in [2.24, 2.45) is 0 Å². The van der Waals surface area contributed by atoms with Gasteiger partial charge in [0.05, 0.1) is 0 Å². The Balaban J connectivity index is 0. The molecule has 0 radical (unpaired) electrons. The van der Waals surface area contributed by atoms with Gasteiger partial charge in [-0.2, -0.15) is 0 Å². The van der Waals surface area contributed by atoms with E-state index in [1.807, 2.05) is 0 Å². The van der Waals surface area contributed by atoms with Crippen LogP contribution in [0, 0.1) is 0 Å². The second-order valence-electron chi connectivity index (χ2n) is 0.373. The normalized spacial score (nSPS) is 6.25. The Hall–Kier alpha value is 1.45. The Kier molecular flexibility index (Phi) is 17.1. The smallest absolute Gasteiger partial charge is 0.115 e. The summed E-state index contributed by atoms with van der Waals surface area (Å²) in [6.45, 7) is 0. The molecule has 0 N–H and O–H groups in total. The molecule has 3 nitrogen and oxygen atoms in total. The molecule has 0 rings (SSSR count). The molecule has 0 aromatic carbocycles. The summed E-state index contributed by atoms with van der Waals surface area (Å²) in [5.41, 5.74) is 0. The van der Waals surface area contributed by atoms with Gasteiger partial charge in [0.2, 0.25) is 0 Å². The monoisotopic (exact) mass is 340 g/mol. The Morgan fingerprint density at radius 2 is 1.50 bits per heavy atom. The standard InChI is InChI=1S/CH2O3.2Ag.H2S2/c2-1(3)4;;;1-2/h(H2,2,3,4);;;1-2H/q;2*+1;/p-2. The largest absolute Gasteiger partial charge is 0.115 e. The molecule has 0 aromatic rings. The maximum absolute atomic E-state index is 9.64. The molecule has 0 bridgehead atoms. The first-order valence-electron chi connectivity index (χ1n) is 1.06. The van der Waals surface area contributed by atoms with Gasteiger partial charge in [-0.1, -0.05) is 0 Å². The van der Waals surface area contributed by atoms with E-state index in [2.05, 4.69) is 72.7 Å². The van der Waals surface area contributed by atoms with E-state index in [1.165, 1.54) is 0 Å². The molecule has 0 aliphatic rings. The number of thiol groups is 2. The van der Waals surface area contributed by atoms with Crippen molar-refractivity contribution < 1.29 is 54.2 Å². The molecule has 0 saturated carbocycles. The second-order valence-corrected chi connectivity index (χ2v) is 0.978. The van der Waals surface area contributed by atoms with Crippen molar-refractivity contribution in [2.75, 3.05) is 0 Å². The zero-order chi connectivity index (χ0) is 6.99. The number of carbonyl (C=O) groups excluding carboxylic acids is 1. The van der Waals surface area contributed by atoms with Crippen molar-refractivity contribution >= 4 is 29.5 Å². The summed E-state index contributed by atoms with van der Waals surface area (Å²) in [5.74, 6) is 0. The first-order valence-corrected chi connectivity index (χ1v) is 3.87. The molecule has 0 saturated heterocycles. The van der Waals surface area contributed by atoms with Crippen molar-refractivity contribution in [3.63, 3.8) is 0 Å². The van der Waals surface area contributed by atoms with Crippen LogP contribution in [0.3, 0.4) is 0 Å². The Morgan fingerprint density at radius 3 is 1.50 bits per heavy atom. The van der Waals surface area contributed by atoms with Gasteiger partial charge in [-0.15, -0.1) is 23.3 Å². The SMILES string of the molecule is O=C([O][Ag])[O][Ag].SS. The molecule has 0 aliphatic carbocycles. The Bertz CT molecular complexity index is 53.2. The fourth-order valence-corrected chi connectivity index (χ4v) is 0.265. The fraction of sp³-hybridized carbons (Fsp3) is 0. The van der Waals surface area contributed by atoms with Crippen molar-refractivity contribution in [1.29, 1.82) is 0 Å². The van der Waals surface area contributed by atoms with Gasteiger partial charge in [-0.3, -0.25) is 0 Å². The van der Waals surface area contributed by atoms with Gasteiger partial charge < -0.3 is 0 Å². The number of hydrogen-bond donors (Lipinski definition) is 2. The van der Waals surface area contributed by atoms with Crippen LogP contribution in [0.15, 0.2) is 0 Å². The van der Waals surface area contributed by atoms with Gasteiger partial charge in [0.1, 0.15) is 0 Å². The van der Waals surface area contributed by atoms with Crippen LogP contribution in [0.4, 0.5) is 4.79 Å². The molecular formula is CH2Ag2O3S2. The van der Waals surface area contributed by atoms with Gasteiger partial charge in [-0.05, 0) is 0 Å². The van der Waals surface area contributed by atoms with Crippen LogP contribution in [0.25, 0.3) is 0 Å². The third-order valence-corrected chi connectivity index (χ3v) is 0.595. The number of carbonyl (C=O) groups is 1. The molecule has 0 aliphatic heterocycles. The van der Waals surface area contributed by atoms with Crippen LogP contribution >= 0.6 is 23.3 Å². The van der Waals surface area contributed by atoms with E-state index in [0.717, 1.165) is 0 Å². The minimum atomic E-state index is -0.826. The van der Waals surface area contributed by atoms with Crippen molar-refractivity contribution in [3.05, 3.63) is 0 Å². The summed E-state index contributed by atoms with van der Waals surface area (Å²) in [4.78, 5) is 9.64. The van der Waals surface area contributed by atoms with E-state index < -0.39 is 6.16 Å². The molecule has 0 atom stereocenters. The van der Waals surface area contributed by atoms with Gasteiger partial charge in [0, 0.05) is 0 Å². The molecule has 0 unspecified atom stereocenters. The van der Waals surface area contributed by atoms with Gasteiger partial charge in [0.25, 0.3) is 0 Å². The van der Waals surface area contributed by atoms with Crippen molar-refractivity contribution in [2.45, 2.75) is 0 Å². The summed E-state index contributed by atoms with van der Waals surface area (Å²) in [5, 5.41) is 0. The second kappa shape index (κ2) is 11.3. The van der Waals surface area contributed by atoms with E-state index in [-0.39, 0.29) is 0 Å². The first kappa shape index (κ1) is 12.2. The van der Waals surface area contributed by atoms with E-state index in [4.69, 9.17) is 0 Å². The van der Waals surface area contributed by atoms with Crippen molar-refractivity contribution in [1.82, 2.24) is 0 Å². The minimum absolute atomic E-state index is 0.826. The number of rotatable bonds is 0. The van der Waals surface area contributed by atoms with E-state index in [0.29, 0.717) is 0 Å². The summed E-state index contributed by atoms with van der Waals surface area (Å²) < 4.78 is 7.60. The van der Waals surface area contributed by atoms with Gasteiger partial charge in [0.15, 0.2) is 0 Å². The maximum atomic E-state index is 9.64. The van der Waals surface area contributed by atoms with Crippen LogP contribution in [-0.4, -0.2) is 6.16 Å². The van der Waals surface area contributed by atoms with Crippen LogP contribution < -0.4 is 0 Å². The van der Waals surface area contributed by atoms with E-state index in [1.54, 1.807) is 0 Å². The molecule has 0 spiro atoms. The summed E-state index contributed by atoms with van der Waals surface area (Å²) in [7, 11) is 0. The van der Waals surface area contributed by atoms with Crippen LogP contribution in [-0.2, 0) is 49.4 Å². The zero-order valence-corrected chi connectivity index (χ0v) is 7.98. The van der Waals surface area contributed by atoms with Crippen LogP contribution in [0.1, 0.15) is 0 Å². The first-order chi connectivity index (χ1) is 3.81. The summed E-state index contributed by atoms with van der Waals surface area (Å²) in [6, 6.07) is 0. The third-order valence-electron chi connectivity index (χ3n) is 0.101. The molecular weight excluding hydrogens is 340 g/mol. The molecule has 0 heterocycles. The molecule has 0 fully saturated rings. The number of hydrogen-bond acceptors (Lipinski definition) is 5. The maximum Gasteiger partial charge on any atom is -0.115 e. The fourth-order valence-electron chi connectivity index (χ4n) is 0.00758. The minimum Gasteiger partial charge on any atom is -0.115 e. The quantitative estimate of drug-likeness (QED) is 0.389. The third kappa shape index (κ3) is 10.4. The topological polar surface area (TPSA) is 35.5 Å².